The Hall–Kier alpha value is -1.10. The molecule has 1 aliphatic rings. The third kappa shape index (κ3) is 1.80. The highest BCUT2D eigenvalue weighted by atomic mass is 15.4. The van der Waals surface area contributed by atoms with Gasteiger partial charge in [0.05, 0.1) is 0 Å². The average Bonchev–Trinajstić information content (AvgIpc) is 2.86. The van der Waals surface area contributed by atoms with Crippen LogP contribution in [-0.2, 0) is 12.0 Å². The van der Waals surface area contributed by atoms with E-state index in [0.29, 0.717) is 0 Å². The zero-order chi connectivity index (χ0) is 11.6. The lowest BCUT2D eigenvalue weighted by atomic mass is 9.89. The summed E-state index contributed by atoms with van der Waals surface area (Å²) in [7, 11) is 0. The molecule has 0 bridgehead atoms. The maximum atomic E-state index is 4.37. The van der Waals surface area contributed by atoms with E-state index in [4.69, 9.17) is 0 Å². The van der Waals surface area contributed by atoms with Crippen LogP contribution in [0.4, 0.5) is 5.95 Å². The first-order valence-corrected chi connectivity index (χ1v) is 6.09. The summed E-state index contributed by atoms with van der Waals surface area (Å²) >= 11 is 0. The Morgan fingerprint density at radius 1 is 1.44 bits per heavy atom. The fourth-order valence-corrected chi connectivity index (χ4v) is 2.35. The maximum Gasteiger partial charge on any atom is 0.224 e. The van der Waals surface area contributed by atoms with Crippen LogP contribution in [0.15, 0.2) is 0 Å². The molecular weight excluding hydrogens is 202 g/mol. The smallest absolute Gasteiger partial charge is 0.224 e. The van der Waals surface area contributed by atoms with Crippen molar-refractivity contribution in [2.75, 3.05) is 25.0 Å². The molecule has 90 valence electrons. The van der Waals surface area contributed by atoms with Crippen LogP contribution in [0.5, 0.6) is 0 Å². The molecule has 1 unspecified atom stereocenters. The molecule has 2 heterocycles. The van der Waals surface area contributed by atoms with Gasteiger partial charge >= 0.3 is 0 Å². The summed E-state index contributed by atoms with van der Waals surface area (Å²) in [6.07, 6.45) is 1.14. The summed E-state index contributed by atoms with van der Waals surface area (Å²) in [5, 5.41) is 15.3. The molecule has 1 aromatic heterocycles. The van der Waals surface area contributed by atoms with Crippen LogP contribution in [0.25, 0.3) is 0 Å². The summed E-state index contributed by atoms with van der Waals surface area (Å²) in [6.45, 7) is 10.3. The lowest BCUT2D eigenvalue weighted by Crippen LogP contribution is -2.29. The molecule has 0 amide bonds. The second-order valence-corrected chi connectivity index (χ2v) is 4.61. The van der Waals surface area contributed by atoms with Gasteiger partial charge in [0.1, 0.15) is 5.82 Å². The Kier molecular flexibility index (Phi) is 3.14. The Labute approximate surface area is 96.6 Å². The molecule has 5 heteroatoms. The molecule has 0 aromatic carbocycles. The number of hydrogen-bond acceptors (Lipinski definition) is 4. The molecule has 1 aromatic rings. The van der Waals surface area contributed by atoms with Crippen LogP contribution in [0.2, 0.25) is 0 Å². The molecule has 2 N–H and O–H groups in total. The van der Waals surface area contributed by atoms with Crippen molar-refractivity contribution in [3.05, 3.63) is 5.82 Å². The predicted molar refractivity (Wildman–Crippen MR) is 64.7 cm³/mol. The molecule has 0 radical (unpaired) electrons. The molecule has 16 heavy (non-hydrogen) atoms. The van der Waals surface area contributed by atoms with Crippen molar-refractivity contribution in [2.24, 2.45) is 0 Å². The Bertz CT molecular complexity index is 351. The van der Waals surface area contributed by atoms with Gasteiger partial charge in [-0.15, -0.1) is 10.2 Å². The van der Waals surface area contributed by atoms with Crippen molar-refractivity contribution in [2.45, 2.75) is 39.2 Å². The van der Waals surface area contributed by atoms with Gasteiger partial charge in [0, 0.05) is 25.0 Å². The highest BCUT2D eigenvalue weighted by Crippen LogP contribution is 2.29. The molecule has 1 fully saturated rings. The Morgan fingerprint density at radius 2 is 2.25 bits per heavy atom. The lowest BCUT2D eigenvalue weighted by Gasteiger charge is -2.22. The molecule has 5 nitrogen and oxygen atoms in total. The number of anilines is 1. The zero-order valence-electron chi connectivity index (χ0n) is 10.4. The van der Waals surface area contributed by atoms with Gasteiger partial charge in [-0.25, -0.2) is 0 Å². The minimum absolute atomic E-state index is 0.136. The summed E-state index contributed by atoms with van der Waals surface area (Å²) in [5.74, 6) is 2.00. The van der Waals surface area contributed by atoms with E-state index in [2.05, 4.69) is 46.2 Å². The van der Waals surface area contributed by atoms with Crippen molar-refractivity contribution in [3.63, 3.8) is 0 Å². The van der Waals surface area contributed by atoms with Gasteiger partial charge in [-0.2, -0.15) is 0 Å². The van der Waals surface area contributed by atoms with Gasteiger partial charge in [-0.1, -0.05) is 6.92 Å². The van der Waals surface area contributed by atoms with Gasteiger partial charge < -0.3 is 10.6 Å². The normalized spacial score (nSPS) is 24.9. The molecular formula is C11H21N5. The highest BCUT2D eigenvalue weighted by molar-refractivity contribution is 5.28. The second kappa shape index (κ2) is 4.41. The standard InChI is InChI=1S/C11H21N5/c1-4-13-10-15-14-9(16(10)5-2)11(3)6-7-12-8-11/h12H,4-8H2,1-3H3,(H,13,15). The van der Waals surface area contributed by atoms with E-state index >= 15 is 0 Å². The molecule has 1 atom stereocenters. The summed E-state index contributed by atoms with van der Waals surface area (Å²) in [4.78, 5) is 0. The van der Waals surface area contributed by atoms with E-state index < -0.39 is 0 Å². The Balaban J connectivity index is 2.33. The largest absolute Gasteiger partial charge is 0.355 e. The van der Waals surface area contributed by atoms with Crippen molar-refractivity contribution >= 4 is 5.95 Å². The van der Waals surface area contributed by atoms with Gasteiger partial charge in [0.25, 0.3) is 0 Å². The van der Waals surface area contributed by atoms with Crippen molar-refractivity contribution in [3.8, 4) is 0 Å². The number of rotatable bonds is 4. The fraction of sp³-hybridized carbons (Fsp3) is 0.818. The molecule has 0 saturated carbocycles. The topological polar surface area (TPSA) is 54.8 Å². The predicted octanol–water partition coefficient (Wildman–Crippen LogP) is 0.981. The summed E-state index contributed by atoms with van der Waals surface area (Å²) in [5.41, 5.74) is 0.136. The number of hydrogen-bond donors (Lipinski definition) is 2. The summed E-state index contributed by atoms with van der Waals surface area (Å²) in [6, 6.07) is 0. The van der Waals surface area contributed by atoms with Gasteiger partial charge in [0.2, 0.25) is 5.95 Å². The third-order valence-corrected chi connectivity index (χ3v) is 3.31. The first kappa shape index (κ1) is 11.4. The van der Waals surface area contributed by atoms with Crippen LogP contribution < -0.4 is 10.6 Å². The van der Waals surface area contributed by atoms with E-state index in [0.717, 1.165) is 44.4 Å². The average molecular weight is 223 g/mol. The fourth-order valence-electron chi connectivity index (χ4n) is 2.35. The van der Waals surface area contributed by atoms with Crippen LogP contribution >= 0.6 is 0 Å². The second-order valence-electron chi connectivity index (χ2n) is 4.61. The molecule has 1 saturated heterocycles. The van der Waals surface area contributed by atoms with Crippen LogP contribution in [0.3, 0.4) is 0 Å². The van der Waals surface area contributed by atoms with Crippen molar-refractivity contribution in [1.29, 1.82) is 0 Å². The van der Waals surface area contributed by atoms with E-state index in [1.54, 1.807) is 0 Å². The minimum Gasteiger partial charge on any atom is -0.355 e. The quantitative estimate of drug-likeness (QED) is 0.799. The third-order valence-electron chi connectivity index (χ3n) is 3.31. The first-order chi connectivity index (χ1) is 7.71. The minimum atomic E-state index is 0.136. The monoisotopic (exact) mass is 223 g/mol. The summed E-state index contributed by atoms with van der Waals surface area (Å²) < 4.78 is 2.19. The maximum absolute atomic E-state index is 4.37. The van der Waals surface area contributed by atoms with E-state index in [9.17, 15) is 0 Å². The molecule has 1 aliphatic heterocycles. The zero-order valence-corrected chi connectivity index (χ0v) is 10.4. The SMILES string of the molecule is CCNc1nnc(C2(C)CCNC2)n1CC. The number of aromatic nitrogens is 3. The highest BCUT2D eigenvalue weighted by Gasteiger charge is 2.35. The van der Waals surface area contributed by atoms with Gasteiger partial charge in [0.15, 0.2) is 0 Å². The van der Waals surface area contributed by atoms with E-state index in [-0.39, 0.29) is 5.41 Å². The molecule has 0 aliphatic carbocycles. The number of nitrogens with zero attached hydrogens (tertiary/aromatic N) is 3. The van der Waals surface area contributed by atoms with Crippen molar-refractivity contribution < 1.29 is 0 Å². The van der Waals surface area contributed by atoms with E-state index in [1.165, 1.54) is 0 Å². The molecule has 0 spiro atoms. The van der Waals surface area contributed by atoms with Gasteiger partial charge in [-0.05, 0) is 26.8 Å². The van der Waals surface area contributed by atoms with Gasteiger partial charge in [-0.3, -0.25) is 4.57 Å². The van der Waals surface area contributed by atoms with Crippen LogP contribution in [-0.4, -0.2) is 34.4 Å². The number of nitrogens with one attached hydrogen (secondary N) is 2. The van der Waals surface area contributed by atoms with E-state index in [1.807, 2.05) is 0 Å². The molecule has 2 rings (SSSR count). The van der Waals surface area contributed by atoms with Crippen LogP contribution in [0.1, 0.15) is 33.0 Å². The van der Waals surface area contributed by atoms with Crippen molar-refractivity contribution in [1.82, 2.24) is 20.1 Å². The Morgan fingerprint density at radius 3 is 2.81 bits per heavy atom. The first-order valence-electron chi connectivity index (χ1n) is 6.09. The lowest BCUT2D eigenvalue weighted by molar-refractivity contribution is 0.460. The van der Waals surface area contributed by atoms with Crippen LogP contribution in [0, 0.1) is 0 Å².